The molecule has 0 bridgehead atoms. The standard InChI is InChI=1S/C10H11Br/c11-8-9-4-1-2-5-10(8,9)7-3-6-9/h1-2,4-5,8H,3,6-7H2/t8?,9-,10+. The number of allylic oxidation sites excluding steroid dienone is 4. The van der Waals surface area contributed by atoms with Gasteiger partial charge in [-0.3, -0.25) is 0 Å². The van der Waals surface area contributed by atoms with Crippen LogP contribution in [0.15, 0.2) is 24.3 Å². The molecule has 0 N–H and O–H groups in total. The highest BCUT2D eigenvalue weighted by Crippen LogP contribution is 2.78. The summed E-state index contributed by atoms with van der Waals surface area (Å²) in [5.74, 6) is 0. The topological polar surface area (TPSA) is 0 Å². The highest BCUT2D eigenvalue weighted by Gasteiger charge is 2.74. The summed E-state index contributed by atoms with van der Waals surface area (Å²) in [5.41, 5.74) is 1.09. The number of hydrogen-bond donors (Lipinski definition) is 0. The number of hydrogen-bond acceptors (Lipinski definition) is 0. The van der Waals surface area contributed by atoms with Crippen LogP contribution in [0.1, 0.15) is 19.3 Å². The van der Waals surface area contributed by atoms with Crippen molar-refractivity contribution in [1.82, 2.24) is 0 Å². The SMILES string of the molecule is BrC1[C@@]23C=CC=C[C@@]12CCC3. The fourth-order valence-corrected chi connectivity index (χ4v) is 4.57. The van der Waals surface area contributed by atoms with Gasteiger partial charge in [0.2, 0.25) is 0 Å². The van der Waals surface area contributed by atoms with E-state index in [0.29, 0.717) is 10.8 Å². The van der Waals surface area contributed by atoms with E-state index in [1.807, 2.05) is 0 Å². The van der Waals surface area contributed by atoms with Gasteiger partial charge in [-0.15, -0.1) is 0 Å². The van der Waals surface area contributed by atoms with Crippen molar-refractivity contribution in [2.75, 3.05) is 0 Å². The third kappa shape index (κ3) is 0.488. The molecule has 1 unspecified atom stereocenters. The third-order valence-electron chi connectivity index (χ3n) is 3.77. The minimum atomic E-state index is 0.543. The smallest absolute Gasteiger partial charge is 0.0345 e. The zero-order chi connectivity index (χ0) is 7.53. The average molecular weight is 211 g/mol. The molecule has 3 atom stereocenters. The first-order valence-electron chi connectivity index (χ1n) is 4.33. The monoisotopic (exact) mass is 210 g/mol. The maximum atomic E-state index is 3.80. The van der Waals surface area contributed by atoms with Gasteiger partial charge in [0.25, 0.3) is 0 Å². The molecule has 58 valence electrons. The summed E-state index contributed by atoms with van der Waals surface area (Å²) in [7, 11) is 0. The van der Waals surface area contributed by atoms with Gasteiger partial charge in [0, 0.05) is 15.7 Å². The summed E-state index contributed by atoms with van der Waals surface area (Å²) in [6.45, 7) is 0. The molecule has 0 amide bonds. The van der Waals surface area contributed by atoms with E-state index in [4.69, 9.17) is 0 Å². The molecule has 2 fully saturated rings. The van der Waals surface area contributed by atoms with Gasteiger partial charge < -0.3 is 0 Å². The number of rotatable bonds is 0. The van der Waals surface area contributed by atoms with Gasteiger partial charge in [0.05, 0.1) is 0 Å². The van der Waals surface area contributed by atoms with Crippen molar-refractivity contribution in [3.63, 3.8) is 0 Å². The molecule has 11 heavy (non-hydrogen) atoms. The molecular formula is C10H11Br. The van der Waals surface area contributed by atoms with Crippen molar-refractivity contribution in [3.8, 4) is 0 Å². The predicted octanol–water partition coefficient (Wildman–Crippen LogP) is 3.05. The molecule has 0 aromatic rings. The Bertz CT molecular complexity index is 240. The van der Waals surface area contributed by atoms with E-state index in [1.54, 1.807) is 0 Å². The van der Waals surface area contributed by atoms with E-state index in [0.717, 1.165) is 4.83 Å². The molecule has 0 aliphatic heterocycles. The third-order valence-corrected chi connectivity index (χ3v) is 5.40. The van der Waals surface area contributed by atoms with Crippen molar-refractivity contribution >= 4 is 15.9 Å². The van der Waals surface area contributed by atoms with Crippen LogP contribution in [0.25, 0.3) is 0 Å². The molecule has 2 saturated carbocycles. The summed E-state index contributed by atoms with van der Waals surface area (Å²) in [6.07, 6.45) is 13.5. The van der Waals surface area contributed by atoms with E-state index >= 15 is 0 Å². The first-order chi connectivity index (χ1) is 5.32. The zero-order valence-electron chi connectivity index (χ0n) is 6.39. The largest absolute Gasteiger partial charge is 0.0871 e. The van der Waals surface area contributed by atoms with Crippen LogP contribution in [0, 0.1) is 10.8 Å². The molecule has 0 nitrogen and oxygen atoms in total. The van der Waals surface area contributed by atoms with Crippen LogP contribution >= 0.6 is 15.9 Å². The molecular weight excluding hydrogens is 200 g/mol. The molecule has 0 heterocycles. The first-order valence-corrected chi connectivity index (χ1v) is 5.25. The summed E-state index contributed by atoms with van der Waals surface area (Å²) in [4.78, 5) is 0.742. The van der Waals surface area contributed by atoms with Gasteiger partial charge >= 0.3 is 0 Å². The Kier molecular flexibility index (Phi) is 0.976. The number of alkyl halides is 1. The maximum Gasteiger partial charge on any atom is 0.0345 e. The summed E-state index contributed by atoms with van der Waals surface area (Å²) in [6, 6.07) is 0. The Morgan fingerprint density at radius 2 is 1.64 bits per heavy atom. The van der Waals surface area contributed by atoms with E-state index in [2.05, 4.69) is 40.2 Å². The Morgan fingerprint density at radius 1 is 1.09 bits per heavy atom. The second-order valence-corrected chi connectivity index (χ2v) is 4.93. The van der Waals surface area contributed by atoms with Crippen molar-refractivity contribution in [2.24, 2.45) is 10.8 Å². The number of halogens is 1. The Balaban J connectivity index is 2.15. The molecule has 3 aliphatic rings. The van der Waals surface area contributed by atoms with Gasteiger partial charge in [-0.2, -0.15) is 0 Å². The molecule has 3 rings (SSSR count). The summed E-state index contributed by atoms with van der Waals surface area (Å²) in [5, 5.41) is 0. The molecule has 0 spiro atoms. The Morgan fingerprint density at radius 3 is 2.18 bits per heavy atom. The minimum absolute atomic E-state index is 0.543. The second kappa shape index (κ2) is 1.66. The quantitative estimate of drug-likeness (QED) is 0.540. The van der Waals surface area contributed by atoms with E-state index in [1.165, 1.54) is 19.3 Å². The van der Waals surface area contributed by atoms with Gasteiger partial charge in [-0.05, 0) is 12.8 Å². The minimum Gasteiger partial charge on any atom is -0.0871 e. The van der Waals surface area contributed by atoms with Crippen LogP contribution in [0.5, 0.6) is 0 Å². The summed E-state index contributed by atoms with van der Waals surface area (Å²) >= 11 is 3.80. The molecule has 0 radical (unpaired) electrons. The Labute approximate surface area is 75.5 Å². The lowest BCUT2D eigenvalue weighted by Crippen LogP contribution is -2.03. The van der Waals surface area contributed by atoms with Crippen molar-refractivity contribution < 1.29 is 0 Å². The average Bonchev–Trinajstić information content (AvgIpc) is 2.44. The van der Waals surface area contributed by atoms with Crippen molar-refractivity contribution in [2.45, 2.75) is 24.1 Å². The molecule has 0 saturated heterocycles. The zero-order valence-corrected chi connectivity index (χ0v) is 7.97. The van der Waals surface area contributed by atoms with Crippen molar-refractivity contribution in [3.05, 3.63) is 24.3 Å². The normalized spacial score (nSPS) is 57.4. The van der Waals surface area contributed by atoms with Crippen LogP contribution in [0.2, 0.25) is 0 Å². The lowest BCUT2D eigenvalue weighted by atomic mass is 9.92. The fraction of sp³-hybridized carbons (Fsp3) is 0.600. The highest BCUT2D eigenvalue weighted by molar-refractivity contribution is 9.09. The lowest BCUT2D eigenvalue weighted by Gasteiger charge is -2.11. The highest BCUT2D eigenvalue weighted by atomic mass is 79.9. The van der Waals surface area contributed by atoms with Crippen LogP contribution in [-0.2, 0) is 0 Å². The molecule has 0 aromatic heterocycles. The predicted molar refractivity (Wildman–Crippen MR) is 49.7 cm³/mol. The van der Waals surface area contributed by atoms with Crippen molar-refractivity contribution in [1.29, 1.82) is 0 Å². The van der Waals surface area contributed by atoms with Crippen LogP contribution in [0.3, 0.4) is 0 Å². The van der Waals surface area contributed by atoms with Gasteiger partial charge in [-0.1, -0.05) is 46.7 Å². The first kappa shape index (κ1) is 6.47. The molecule has 1 heteroatoms. The van der Waals surface area contributed by atoms with E-state index in [-0.39, 0.29) is 0 Å². The summed E-state index contributed by atoms with van der Waals surface area (Å²) < 4.78 is 0. The van der Waals surface area contributed by atoms with Gasteiger partial charge in [0.15, 0.2) is 0 Å². The van der Waals surface area contributed by atoms with E-state index < -0.39 is 0 Å². The fourth-order valence-electron chi connectivity index (χ4n) is 3.09. The van der Waals surface area contributed by atoms with E-state index in [9.17, 15) is 0 Å². The molecule has 0 aromatic carbocycles. The second-order valence-electron chi connectivity index (χ2n) is 4.02. The van der Waals surface area contributed by atoms with Crippen LogP contribution < -0.4 is 0 Å². The van der Waals surface area contributed by atoms with Crippen LogP contribution in [0.4, 0.5) is 0 Å². The van der Waals surface area contributed by atoms with Gasteiger partial charge in [-0.25, -0.2) is 0 Å². The maximum absolute atomic E-state index is 3.80. The van der Waals surface area contributed by atoms with Gasteiger partial charge in [0.1, 0.15) is 0 Å². The lowest BCUT2D eigenvalue weighted by molar-refractivity contribution is 0.552. The Hall–Kier alpha value is -0.0400. The molecule has 3 aliphatic carbocycles. The van der Waals surface area contributed by atoms with Crippen LogP contribution in [-0.4, -0.2) is 4.83 Å².